The molecule has 0 aromatic heterocycles. The van der Waals surface area contributed by atoms with Gasteiger partial charge in [-0.2, -0.15) is 0 Å². The summed E-state index contributed by atoms with van der Waals surface area (Å²) in [6.45, 7) is 9.77. The minimum atomic E-state index is 0.0373. The Hall–Kier alpha value is -0.770. The quantitative estimate of drug-likeness (QED) is 0.123. The second-order valence-corrected chi connectivity index (χ2v) is 7.32. The molecule has 0 aliphatic carbocycles. The molecule has 0 amide bonds. The van der Waals surface area contributed by atoms with E-state index in [0.29, 0.717) is 72.7 Å². The van der Waals surface area contributed by atoms with Gasteiger partial charge in [-0.3, -0.25) is 0 Å². The van der Waals surface area contributed by atoms with Crippen molar-refractivity contribution in [1.82, 2.24) is 0 Å². The molecule has 8 nitrogen and oxygen atoms in total. The van der Waals surface area contributed by atoms with E-state index >= 15 is 0 Å². The molecular formula is C23H47NO7. The lowest BCUT2D eigenvalue weighted by Gasteiger charge is -2.07. The van der Waals surface area contributed by atoms with Gasteiger partial charge >= 0.3 is 0 Å². The third-order valence-corrected chi connectivity index (χ3v) is 4.41. The summed E-state index contributed by atoms with van der Waals surface area (Å²) in [5, 5.41) is 12.7. The van der Waals surface area contributed by atoms with E-state index in [1.807, 2.05) is 6.92 Å². The maximum atomic E-state index is 8.55. The number of nitrogens with zero attached hydrogens (tertiary/aromatic N) is 1. The van der Waals surface area contributed by atoms with Crippen LogP contribution in [0.2, 0.25) is 0 Å². The zero-order chi connectivity index (χ0) is 22.7. The first-order valence-corrected chi connectivity index (χ1v) is 12.0. The highest BCUT2D eigenvalue weighted by Crippen LogP contribution is 2.08. The molecule has 0 spiro atoms. The predicted octanol–water partition coefficient (Wildman–Crippen LogP) is 3.59. The smallest absolute Gasteiger partial charge is 0.140 e. The minimum Gasteiger partial charge on any atom is -0.394 e. The summed E-state index contributed by atoms with van der Waals surface area (Å²) in [4.78, 5) is 5.30. The number of rotatable bonds is 26. The lowest BCUT2D eigenvalue weighted by atomic mass is 10.1. The molecule has 0 aromatic carbocycles. The average molecular weight is 450 g/mol. The number of oxime groups is 1. The fourth-order valence-electron chi connectivity index (χ4n) is 2.68. The number of hydrogen-bond acceptors (Lipinski definition) is 8. The molecule has 0 aliphatic heterocycles. The zero-order valence-electron chi connectivity index (χ0n) is 20.0. The Morgan fingerprint density at radius 3 is 1.48 bits per heavy atom. The van der Waals surface area contributed by atoms with Crippen molar-refractivity contribution in [2.45, 2.75) is 65.2 Å². The third kappa shape index (κ3) is 27.2. The van der Waals surface area contributed by atoms with Crippen LogP contribution in [0.3, 0.4) is 0 Å². The van der Waals surface area contributed by atoms with Crippen molar-refractivity contribution < 1.29 is 33.6 Å². The number of aliphatic hydroxyl groups excluding tert-OH is 1. The van der Waals surface area contributed by atoms with Crippen molar-refractivity contribution in [3.8, 4) is 0 Å². The Labute approximate surface area is 189 Å². The number of unbranched alkanes of at least 4 members (excludes halogenated alkanes) is 6. The fraction of sp³-hybridized carbons (Fsp3) is 0.957. The highest BCUT2D eigenvalue weighted by Gasteiger charge is 1.96. The predicted molar refractivity (Wildman–Crippen MR) is 123 cm³/mol. The van der Waals surface area contributed by atoms with Gasteiger partial charge in [-0.1, -0.05) is 50.6 Å². The van der Waals surface area contributed by atoms with Crippen molar-refractivity contribution in [1.29, 1.82) is 0 Å². The fourth-order valence-corrected chi connectivity index (χ4v) is 2.68. The van der Waals surface area contributed by atoms with E-state index in [1.165, 1.54) is 44.9 Å². The normalized spacial score (nSPS) is 11.9. The van der Waals surface area contributed by atoms with Crippen molar-refractivity contribution in [2.24, 2.45) is 5.16 Å². The summed E-state index contributed by atoms with van der Waals surface area (Å²) >= 11 is 0. The van der Waals surface area contributed by atoms with Crippen molar-refractivity contribution in [3.05, 3.63) is 0 Å². The molecule has 1 N–H and O–H groups in total. The van der Waals surface area contributed by atoms with E-state index in [4.69, 9.17) is 33.6 Å². The van der Waals surface area contributed by atoms with E-state index in [-0.39, 0.29) is 6.61 Å². The Morgan fingerprint density at radius 1 is 0.581 bits per heavy atom. The lowest BCUT2D eigenvalue weighted by molar-refractivity contribution is -0.0179. The van der Waals surface area contributed by atoms with Crippen molar-refractivity contribution in [2.75, 3.05) is 79.3 Å². The topological polar surface area (TPSA) is 88.0 Å². The molecular weight excluding hydrogens is 402 g/mol. The molecule has 0 atom stereocenters. The molecule has 0 aliphatic rings. The van der Waals surface area contributed by atoms with Gasteiger partial charge in [0.15, 0.2) is 0 Å². The number of aliphatic hydroxyl groups is 1. The van der Waals surface area contributed by atoms with Crippen LogP contribution in [0, 0.1) is 0 Å². The molecule has 0 bridgehead atoms. The second kappa shape index (κ2) is 27.3. The van der Waals surface area contributed by atoms with Crippen LogP contribution in [0.15, 0.2) is 5.16 Å². The molecule has 8 heteroatoms. The van der Waals surface area contributed by atoms with Crippen LogP contribution in [0.1, 0.15) is 65.2 Å². The van der Waals surface area contributed by atoms with Gasteiger partial charge in [0.25, 0.3) is 0 Å². The maximum absolute atomic E-state index is 8.55. The summed E-state index contributed by atoms with van der Waals surface area (Å²) in [6.07, 6.45) is 10.2. The number of hydrogen-bond donors (Lipinski definition) is 1. The first-order valence-electron chi connectivity index (χ1n) is 12.0. The van der Waals surface area contributed by atoms with Gasteiger partial charge in [0, 0.05) is 0 Å². The maximum Gasteiger partial charge on any atom is 0.140 e. The van der Waals surface area contributed by atoms with Crippen LogP contribution in [0.4, 0.5) is 0 Å². The van der Waals surface area contributed by atoms with E-state index in [2.05, 4.69) is 12.1 Å². The Morgan fingerprint density at radius 2 is 1.00 bits per heavy atom. The zero-order valence-corrected chi connectivity index (χ0v) is 20.0. The van der Waals surface area contributed by atoms with Gasteiger partial charge in [-0.05, 0) is 19.8 Å². The summed E-state index contributed by atoms with van der Waals surface area (Å²) in [7, 11) is 0. The molecule has 0 radical (unpaired) electrons. The van der Waals surface area contributed by atoms with E-state index in [0.717, 1.165) is 12.1 Å². The van der Waals surface area contributed by atoms with Gasteiger partial charge in [0.2, 0.25) is 0 Å². The molecule has 0 heterocycles. The molecule has 0 unspecified atom stereocenters. The third-order valence-electron chi connectivity index (χ3n) is 4.41. The van der Waals surface area contributed by atoms with E-state index in [9.17, 15) is 0 Å². The Bertz CT molecular complexity index is 370. The van der Waals surface area contributed by atoms with Crippen LogP contribution < -0.4 is 0 Å². The van der Waals surface area contributed by atoms with Gasteiger partial charge in [0.05, 0.1) is 78.4 Å². The van der Waals surface area contributed by atoms with Crippen LogP contribution in [0.5, 0.6) is 0 Å². The van der Waals surface area contributed by atoms with Crippen LogP contribution >= 0.6 is 0 Å². The summed E-state index contributed by atoms with van der Waals surface area (Å²) in [5.74, 6) is 0. The summed E-state index contributed by atoms with van der Waals surface area (Å²) in [5.41, 5.74) is 1.05. The minimum absolute atomic E-state index is 0.0373. The van der Waals surface area contributed by atoms with Crippen LogP contribution in [-0.4, -0.2) is 90.1 Å². The molecule has 31 heavy (non-hydrogen) atoms. The summed E-state index contributed by atoms with van der Waals surface area (Å²) < 4.78 is 26.7. The highest BCUT2D eigenvalue weighted by molar-refractivity contribution is 5.81. The second-order valence-electron chi connectivity index (χ2n) is 7.32. The highest BCUT2D eigenvalue weighted by atomic mass is 16.6. The van der Waals surface area contributed by atoms with Gasteiger partial charge in [0.1, 0.15) is 6.61 Å². The number of ether oxygens (including phenoxy) is 5. The molecule has 0 rings (SSSR count). The lowest BCUT2D eigenvalue weighted by Crippen LogP contribution is -2.14. The standard InChI is InChI=1S/C23H47NO7/c1-3-4-5-6-7-8-9-10-23(2)24-31-22-21-30-20-19-29-18-17-28-16-15-27-14-13-26-12-11-25/h25H,3-22H2,1-2H3. The molecule has 0 saturated heterocycles. The van der Waals surface area contributed by atoms with Crippen LogP contribution in [0.25, 0.3) is 0 Å². The molecule has 186 valence electrons. The average Bonchev–Trinajstić information content (AvgIpc) is 2.77. The van der Waals surface area contributed by atoms with Gasteiger partial charge in [-0.25, -0.2) is 0 Å². The van der Waals surface area contributed by atoms with Crippen molar-refractivity contribution in [3.63, 3.8) is 0 Å². The Kier molecular flexibility index (Phi) is 26.6. The molecule has 0 aromatic rings. The molecule has 0 saturated carbocycles. The first-order chi connectivity index (χ1) is 15.3. The van der Waals surface area contributed by atoms with E-state index < -0.39 is 0 Å². The Balaban J connectivity index is 3.17. The van der Waals surface area contributed by atoms with Crippen LogP contribution in [-0.2, 0) is 28.5 Å². The largest absolute Gasteiger partial charge is 0.394 e. The van der Waals surface area contributed by atoms with E-state index in [1.54, 1.807) is 0 Å². The van der Waals surface area contributed by atoms with Gasteiger partial charge < -0.3 is 33.6 Å². The monoisotopic (exact) mass is 449 g/mol. The van der Waals surface area contributed by atoms with Gasteiger partial charge in [-0.15, -0.1) is 0 Å². The first kappa shape index (κ1) is 30.2. The molecule has 0 fully saturated rings. The van der Waals surface area contributed by atoms with Crippen molar-refractivity contribution >= 4 is 5.71 Å². The SMILES string of the molecule is CCCCCCCCCC(C)=NOCCOCCOCCOCCOCCOCCO. The summed E-state index contributed by atoms with van der Waals surface area (Å²) in [6, 6.07) is 0.